The summed E-state index contributed by atoms with van der Waals surface area (Å²) < 4.78 is 0. The van der Waals surface area contributed by atoms with Crippen molar-refractivity contribution in [2.45, 2.75) is 12.5 Å². The van der Waals surface area contributed by atoms with E-state index in [-0.39, 0.29) is 6.04 Å². The maximum absolute atomic E-state index is 9.35. The van der Waals surface area contributed by atoms with E-state index in [2.05, 4.69) is 22.4 Å². The molecular weight excluding hydrogens is 272 g/mol. The molecule has 0 saturated carbocycles. The molecule has 4 nitrogen and oxygen atoms in total. The molecule has 4 rings (SSSR count). The van der Waals surface area contributed by atoms with Crippen LogP contribution in [0.3, 0.4) is 0 Å². The molecule has 2 aromatic carbocycles. The molecule has 2 heterocycles. The Labute approximate surface area is 127 Å². The number of hydrogen-bond acceptors (Lipinski definition) is 3. The van der Waals surface area contributed by atoms with Gasteiger partial charge in [0.15, 0.2) is 0 Å². The fourth-order valence-electron chi connectivity index (χ4n) is 3.26. The van der Waals surface area contributed by atoms with E-state index in [1.807, 2.05) is 42.6 Å². The molecule has 3 aromatic rings. The molecule has 1 atom stereocenters. The van der Waals surface area contributed by atoms with Crippen LogP contribution in [0.25, 0.3) is 10.9 Å². The Morgan fingerprint density at radius 1 is 1.00 bits per heavy atom. The molecule has 0 bridgehead atoms. The highest BCUT2D eigenvalue weighted by Gasteiger charge is 2.26. The predicted molar refractivity (Wildman–Crippen MR) is 84.2 cm³/mol. The first kappa shape index (κ1) is 12.5. The summed E-state index contributed by atoms with van der Waals surface area (Å²) in [5.41, 5.74) is 5.49. The lowest BCUT2D eigenvalue weighted by atomic mass is 9.97. The molecule has 0 radical (unpaired) electrons. The highest BCUT2D eigenvalue weighted by molar-refractivity contribution is 5.90. The fourth-order valence-corrected chi connectivity index (χ4v) is 3.26. The van der Waals surface area contributed by atoms with Crippen LogP contribution in [0.2, 0.25) is 0 Å². The van der Waals surface area contributed by atoms with Crippen molar-refractivity contribution in [2.24, 2.45) is 0 Å². The van der Waals surface area contributed by atoms with Crippen LogP contribution in [0.15, 0.2) is 42.6 Å². The number of nitrogens with zero attached hydrogens (tertiary/aromatic N) is 2. The van der Waals surface area contributed by atoms with Gasteiger partial charge in [-0.05, 0) is 29.8 Å². The van der Waals surface area contributed by atoms with E-state index in [0.717, 1.165) is 34.1 Å². The number of aromatic nitrogens is 1. The van der Waals surface area contributed by atoms with Gasteiger partial charge in [0.2, 0.25) is 0 Å². The summed E-state index contributed by atoms with van der Waals surface area (Å²) in [6.07, 6.45) is 2.72. The standard InChI is InChI=1S/C18H12N4/c19-8-11-3-1-5-15-13(11)7-17(22-15)14-10-21-16-6-2-4-12(9-20)18(14)16/h1-6,10,17,21-22H,7H2. The predicted octanol–water partition coefficient (Wildman–Crippen LogP) is 3.62. The third kappa shape index (κ3) is 1.68. The zero-order valence-corrected chi connectivity index (χ0v) is 11.7. The van der Waals surface area contributed by atoms with Gasteiger partial charge in [0.05, 0.1) is 29.3 Å². The van der Waals surface area contributed by atoms with E-state index in [1.54, 1.807) is 0 Å². The Hall–Kier alpha value is -3.24. The van der Waals surface area contributed by atoms with Crippen LogP contribution >= 0.6 is 0 Å². The molecule has 2 N–H and O–H groups in total. The third-order valence-electron chi connectivity index (χ3n) is 4.27. The van der Waals surface area contributed by atoms with Crippen LogP contribution in [0, 0.1) is 22.7 Å². The maximum atomic E-state index is 9.35. The average molecular weight is 284 g/mol. The molecule has 104 valence electrons. The number of benzene rings is 2. The second-order valence-corrected chi connectivity index (χ2v) is 5.43. The van der Waals surface area contributed by atoms with Gasteiger partial charge in [-0.15, -0.1) is 0 Å². The number of fused-ring (bicyclic) bond motifs is 2. The van der Waals surface area contributed by atoms with E-state index in [4.69, 9.17) is 0 Å². The molecule has 0 aliphatic carbocycles. The molecule has 0 amide bonds. The minimum absolute atomic E-state index is 0.0766. The van der Waals surface area contributed by atoms with Gasteiger partial charge in [-0.2, -0.15) is 10.5 Å². The van der Waals surface area contributed by atoms with Crippen LogP contribution in [-0.4, -0.2) is 4.98 Å². The van der Waals surface area contributed by atoms with Gasteiger partial charge >= 0.3 is 0 Å². The highest BCUT2D eigenvalue weighted by Crippen LogP contribution is 2.39. The third-order valence-corrected chi connectivity index (χ3v) is 4.27. The van der Waals surface area contributed by atoms with Crippen molar-refractivity contribution in [3.05, 3.63) is 64.8 Å². The topological polar surface area (TPSA) is 75.4 Å². The quantitative estimate of drug-likeness (QED) is 0.716. The Balaban J connectivity index is 1.83. The summed E-state index contributed by atoms with van der Waals surface area (Å²) in [5.74, 6) is 0. The molecule has 4 heteroatoms. The molecule has 0 spiro atoms. The minimum atomic E-state index is 0.0766. The van der Waals surface area contributed by atoms with Crippen LogP contribution < -0.4 is 5.32 Å². The summed E-state index contributed by atoms with van der Waals surface area (Å²) >= 11 is 0. The number of rotatable bonds is 1. The number of hydrogen-bond donors (Lipinski definition) is 2. The lowest BCUT2D eigenvalue weighted by Gasteiger charge is -2.10. The zero-order valence-electron chi connectivity index (χ0n) is 11.7. The first-order valence-corrected chi connectivity index (χ1v) is 7.10. The second kappa shape index (κ2) is 4.65. The Kier molecular flexibility index (Phi) is 2.64. The zero-order chi connectivity index (χ0) is 15.1. The largest absolute Gasteiger partial charge is 0.378 e. The monoisotopic (exact) mass is 284 g/mol. The molecule has 22 heavy (non-hydrogen) atoms. The van der Waals surface area contributed by atoms with E-state index in [9.17, 15) is 10.5 Å². The average Bonchev–Trinajstić information content (AvgIpc) is 3.17. The maximum Gasteiger partial charge on any atom is 0.0998 e. The number of nitriles is 2. The van der Waals surface area contributed by atoms with Crippen molar-refractivity contribution >= 4 is 16.6 Å². The summed E-state index contributed by atoms with van der Waals surface area (Å²) in [6.45, 7) is 0. The Bertz CT molecular complexity index is 969. The first-order valence-electron chi connectivity index (χ1n) is 7.10. The molecule has 0 fully saturated rings. The normalized spacial score (nSPS) is 15.8. The summed E-state index contributed by atoms with van der Waals surface area (Å²) in [6, 6.07) is 16.0. The first-order chi connectivity index (χ1) is 10.8. The van der Waals surface area contributed by atoms with Gasteiger partial charge in [0, 0.05) is 34.8 Å². The molecule has 1 aromatic heterocycles. The SMILES string of the molecule is N#Cc1cccc2c1CC(c1c[nH]c3cccc(C#N)c13)N2. The van der Waals surface area contributed by atoms with Crippen molar-refractivity contribution in [2.75, 3.05) is 5.32 Å². The van der Waals surface area contributed by atoms with Crippen LogP contribution in [0.5, 0.6) is 0 Å². The van der Waals surface area contributed by atoms with Gasteiger partial charge < -0.3 is 10.3 Å². The number of nitrogens with one attached hydrogen (secondary N) is 2. The smallest absolute Gasteiger partial charge is 0.0998 e. The van der Waals surface area contributed by atoms with Gasteiger partial charge in [0.25, 0.3) is 0 Å². The van der Waals surface area contributed by atoms with E-state index in [0.29, 0.717) is 11.1 Å². The van der Waals surface area contributed by atoms with Crippen molar-refractivity contribution in [3.63, 3.8) is 0 Å². The molecule has 1 aliphatic rings. The van der Waals surface area contributed by atoms with Crippen LogP contribution in [0.1, 0.15) is 28.3 Å². The Morgan fingerprint density at radius 2 is 1.77 bits per heavy atom. The minimum Gasteiger partial charge on any atom is -0.378 e. The van der Waals surface area contributed by atoms with Gasteiger partial charge in [0.1, 0.15) is 0 Å². The molecule has 1 unspecified atom stereocenters. The molecule has 0 saturated heterocycles. The summed E-state index contributed by atoms with van der Waals surface area (Å²) in [5, 5.41) is 23.0. The fraction of sp³-hybridized carbons (Fsp3) is 0.111. The van der Waals surface area contributed by atoms with E-state index < -0.39 is 0 Å². The number of anilines is 1. The molecule has 1 aliphatic heterocycles. The highest BCUT2D eigenvalue weighted by atomic mass is 15.0. The van der Waals surface area contributed by atoms with Crippen molar-refractivity contribution in [1.82, 2.24) is 4.98 Å². The van der Waals surface area contributed by atoms with Crippen molar-refractivity contribution in [1.29, 1.82) is 10.5 Å². The summed E-state index contributed by atoms with van der Waals surface area (Å²) in [4.78, 5) is 3.24. The van der Waals surface area contributed by atoms with E-state index in [1.165, 1.54) is 0 Å². The van der Waals surface area contributed by atoms with Crippen LogP contribution in [-0.2, 0) is 6.42 Å². The van der Waals surface area contributed by atoms with Crippen LogP contribution in [0.4, 0.5) is 5.69 Å². The van der Waals surface area contributed by atoms with Crippen molar-refractivity contribution < 1.29 is 0 Å². The summed E-state index contributed by atoms with van der Waals surface area (Å²) in [7, 11) is 0. The van der Waals surface area contributed by atoms with E-state index >= 15 is 0 Å². The van der Waals surface area contributed by atoms with Gasteiger partial charge in [-0.3, -0.25) is 0 Å². The number of H-pyrrole nitrogens is 1. The number of aromatic amines is 1. The van der Waals surface area contributed by atoms with Gasteiger partial charge in [-0.1, -0.05) is 12.1 Å². The second-order valence-electron chi connectivity index (χ2n) is 5.43. The lowest BCUT2D eigenvalue weighted by Crippen LogP contribution is -2.05. The van der Waals surface area contributed by atoms with Gasteiger partial charge in [-0.25, -0.2) is 0 Å². The van der Waals surface area contributed by atoms with Crippen molar-refractivity contribution in [3.8, 4) is 12.1 Å². The molecular formula is C18H12N4. The Morgan fingerprint density at radius 3 is 2.59 bits per heavy atom. The lowest BCUT2D eigenvalue weighted by molar-refractivity contribution is 0.830.